The number of hydrogen-bond donors (Lipinski definition) is 1. The van der Waals surface area contributed by atoms with Crippen molar-refractivity contribution >= 4 is 29.1 Å². The van der Waals surface area contributed by atoms with Crippen molar-refractivity contribution in [2.75, 3.05) is 13.6 Å². The SMILES string of the molecule is CCC1CCNC(C(=O)N(C)Cc2cc(Cl)cc(Cl)c2)C1. The number of carbonyl (C=O) groups excluding carboxylic acids is 1. The highest BCUT2D eigenvalue weighted by Crippen LogP contribution is 2.22. The topological polar surface area (TPSA) is 32.3 Å². The minimum atomic E-state index is -0.0663. The van der Waals surface area contributed by atoms with Crippen LogP contribution in [-0.2, 0) is 11.3 Å². The zero-order chi connectivity index (χ0) is 15.4. The van der Waals surface area contributed by atoms with Gasteiger partial charge in [-0.05, 0) is 49.1 Å². The van der Waals surface area contributed by atoms with Crippen molar-refractivity contribution in [2.24, 2.45) is 5.92 Å². The predicted molar refractivity (Wildman–Crippen MR) is 87.7 cm³/mol. The third-order valence-electron chi connectivity index (χ3n) is 4.11. The monoisotopic (exact) mass is 328 g/mol. The Balaban J connectivity index is 1.98. The highest BCUT2D eigenvalue weighted by atomic mass is 35.5. The molecule has 2 unspecified atom stereocenters. The molecule has 2 rings (SSSR count). The molecule has 21 heavy (non-hydrogen) atoms. The van der Waals surface area contributed by atoms with E-state index in [-0.39, 0.29) is 11.9 Å². The maximum absolute atomic E-state index is 12.5. The third-order valence-corrected chi connectivity index (χ3v) is 4.54. The zero-order valence-corrected chi connectivity index (χ0v) is 14.0. The van der Waals surface area contributed by atoms with Crippen molar-refractivity contribution in [2.45, 2.75) is 38.8 Å². The molecule has 1 heterocycles. The lowest BCUT2D eigenvalue weighted by Crippen LogP contribution is -2.49. The van der Waals surface area contributed by atoms with Crippen LogP contribution in [0.1, 0.15) is 31.7 Å². The van der Waals surface area contributed by atoms with Crippen LogP contribution in [-0.4, -0.2) is 30.4 Å². The molecule has 3 nitrogen and oxygen atoms in total. The molecule has 0 saturated carbocycles. The lowest BCUT2D eigenvalue weighted by Gasteiger charge is -2.31. The lowest BCUT2D eigenvalue weighted by molar-refractivity contribution is -0.133. The van der Waals surface area contributed by atoms with Crippen LogP contribution >= 0.6 is 23.2 Å². The summed E-state index contributed by atoms with van der Waals surface area (Å²) in [7, 11) is 1.83. The van der Waals surface area contributed by atoms with E-state index >= 15 is 0 Å². The number of halogens is 2. The summed E-state index contributed by atoms with van der Waals surface area (Å²) in [5.74, 6) is 0.790. The molecule has 1 aliphatic heterocycles. The van der Waals surface area contributed by atoms with E-state index in [9.17, 15) is 4.79 Å². The summed E-state index contributed by atoms with van der Waals surface area (Å²) >= 11 is 12.0. The van der Waals surface area contributed by atoms with Gasteiger partial charge < -0.3 is 10.2 Å². The number of benzene rings is 1. The summed E-state index contributed by atoms with van der Waals surface area (Å²) in [4.78, 5) is 14.3. The van der Waals surface area contributed by atoms with E-state index in [2.05, 4.69) is 12.2 Å². The average Bonchev–Trinajstić information content (AvgIpc) is 2.45. The van der Waals surface area contributed by atoms with E-state index in [0.29, 0.717) is 22.5 Å². The second-order valence-electron chi connectivity index (χ2n) is 5.78. The fraction of sp³-hybridized carbons (Fsp3) is 0.562. The molecule has 0 radical (unpaired) electrons. The van der Waals surface area contributed by atoms with E-state index in [0.717, 1.165) is 31.4 Å². The zero-order valence-electron chi connectivity index (χ0n) is 12.5. The van der Waals surface area contributed by atoms with Gasteiger partial charge in [-0.3, -0.25) is 4.79 Å². The molecule has 0 aromatic heterocycles. The number of likely N-dealkylation sites (N-methyl/N-ethyl adjacent to an activating group) is 1. The van der Waals surface area contributed by atoms with Crippen LogP contribution in [0.4, 0.5) is 0 Å². The van der Waals surface area contributed by atoms with Crippen LogP contribution in [0.3, 0.4) is 0 Å². The largest absolute Gasteiger partial charge is 0.340 e. The Morgan fingerprint density at radius 2 is 2.00 bits per heavy atom. The Morgan fingerprint density at radius 1 is 1.33 bits per heavy atom. The molecule has 1 aromatic carbocycles. The average molecular weight is 329 g/mol. The van der Waals surface area contributed by atoms with Crippen molar-refractivity contribution in [3.05, 3.63) is 33.8 Å². The van der Waals surface area contributed by atoms with Gasteiger partial charge in [-0.25, -0.2) is 0 Å². The molecule has 1 aromatic rings. The molecule has 116 valence electrons. The normalized spacial score (nSPS) is 22.1. The van der Waals surface area contributed by atoms with E-state index in [4.69, 9.17) is 23.2 Å². The van der Waals surface area contributed by atoms with Gasteiger partial charge in [0, 0.05) is 23.6 Å². The van der Waals surface area contributed by atoms with Crippen LogP contribution in [0.25, 0.3) is 0 Å². The number of hydrogen-bond acceptors (Lipinski definition) is 2. The first kappa shape index (κ1) is 16.6. The minimum absolute atomic E-state index is 0.0663. The first-order valence-corrected chi connectivity index (χ1v) is 8.18. The summed E-state index contributed by atoms with van der Waals surface area (Å²) in [5, 5.41) is 4.52. The fourth-order valence-corrected chi connectivity index (χ4v) is 3.45. The van der Waals surface area contributed by atoms with Gasteiger partial charge in [-0.2, -0.15) is 0 Å². The first-order valence-electron chi connectivity index (χ1n) is 7.43. The molecular formula is C16H22Cl2N2O. The van der Waals surface area contributed by atoms with Crippen molar-refractivity contribution < 1.29 is 4.79 Å². The van der Waals surface area contributed by atoms with Crippen LogP contribution in [0, 0.1) is 5.92 Å². The molecule has 1 aliphatic rings. The Kier molecular flexibility index (Phi) is 5.91. The van der Waals surface area contributed by atoms with Gasteiger partial charge >= 0.3 is 0 Å². The molecule has 2 atom stereocenters. The number of piperidine rings is 1. The van der Waals surface area contributed by atoms with Gasteiger partial charge in [0.05, 0.1) is 6.04 Å². The molecule has 0 aliphatic carbocycles. The second kappa shape index (κ2) is 7.48. The first-order chi connectivity index (χ1) is 9.99. The highest BCUT2D eigenvalue weighted by Gasteiger charge is 2.28. The van der Waals surface area contributed by atoms with Crippen molar-refractivity contribution in [3.8, 4) is 0 Å². The highest BCUT2D eigenvalue weighted by molar-refractivity contribution is 6.34. The van der Waals surface area contributed by atoms with Crippen LogP contribution in [0.2, 0.25) is 10.0 Å². The van der Waals surface area contributed by atoms with Crippen LogP contribution < -0.4 is 5.32 Å². The Bertz CT molecular complexity index is 487. The Labute approximate surface area is 136 Å². The van der Waals surface area contributed by atoms with Gasteiger partial charge in [-0.1, -0.05) is 36.5 Å². The van der Waals surface area contributed by atoms with E-state index < -0.39 is 0 Å². The molecule has 1 fully saturated rings. The summed E-state index contributed by atoms with van der Waals surface area (Å²) < 4.78 is 0. The second-order valence-corrected chi connectivity index (χ2v) is 6.65. The van der Waals surface area contributed by atoms with Crippen LogP contribution in [0.5, 0.6) is 0 Å². The molecule has 0 spiro atoms. The Hall–Kier alpha value is -0.770. The number of nitrogens with one attached hydrogen (secondary N) is 1. The third kappa shape index (κ3) is 4.60. The van der Waals surface area contributed by atoms with Crippen molar-refractivity contribution in [1.82, 2.24) is 10.2 Å². The number of carbonyl (C=O) groups is 1. The minimum Gasteiger partial charge on any atom is -0.340 e. The van der Waals surface area contributed by atoms with Crippen molar-refractivity contribution in [1.29, 1.82) is 0 Å². The number of amides is 1. The Morgan fingerprint density at radius 3 is 2.62 bits per heavy atom. The van der Waals surface area contributed by atoms with Gasteiger partial charge in [-0.15, -0.1) is 0 Å². The number of nitrogens with zero attached hydrogens (tertiary/aromatic N) is 1. The molecule has 1 N–H and O–H groups in total. The standard InChI is InChI=1S/C16H22Cl2N2O/c1-3-11-4-5-19-15(8-11)16(21)20(2)10-12-6-13(17)9-14(18)7-12/h6-7,9,11,15,19H,3-5,8,10H2,1-2H3. The van der Waals surface area contributed by atoms with Gasteiger partial charge in [0.25, 0.3) is 0 Å². The molecular weight excluding hydrogens is 307 g/mol. The molecule has 5 heteroatoms. The van der Waals surface area contributed by atoms with Crippen LogP contribution in [0.15, 0.2) is 18.2 Å². The lowest BCUT2D eigenvalue weighted by atomic mass is 9.90. The van der Waals surface area contributed by atoms with Crippen molar-refractivity contribution in [3.63, 3.8) is 0 Å². The van der Waals surface area contributed by atoms with Gasteiger partial charge in [0.2, 0.25) is 5.91 Å². The quantitative estimate of drug-likeness (QED) is 0.913. The van der Waals surface area contributed by atoms with Gasteiger partial charge in [0.1, 0.15) is 0 Å². The summed E-state index contributed by atoms with van der Waals surface area (Å²) in [6.45, 7) is 3.63. The molecule has 0 bridgehead atoms. The predicted octanol–water partition coefficient (Wildman–Crippen LogP) is 3.73. The maximum atomic E-state index is 12.5. The smallest absolute Gasteiger partial charge is 0.239 e. The van der Waals surface area contributed by atoms with Gasteiger partial charge in [0.15, 0.2) is 0 Å². The number of rotatable bonds is 4. The van der Waals surface area contributed by atoms with E-state index in [1.54, 1.807) is 11.0 Å². The summed E-state index contributed by atoms with van der Waals surface area (Å²) in [6, 6.07) is 5.33. The van der Waals surface area contributed by atoms with E-state index in [1.807, 2.05) is 19.2 Å². The summed E-state index contributed by atoms with van der Waals surface area (Å²) in [5.41, 5.74) is 0.950. The fourth-order valence-electron chi connectivity index (χ4n) is 2.88. The summed E-state index contributed by atoms with van der Waals surface area (Å²) in [6.07, 6.45) is 3.23. The molecule has 1 saturated heterocycles. The molecule has 1 amide bonds. The van der Waals surface area contributed by atoms with E-state index in [1.165, 1.54) is 0 Å². The maximum Gasteiger partial charge on any atom is 0.239 e.